The SMILES string of the molecule is CCC(C)N(c1ccccc1)c1nc(C)cc(C2CC2)n1. The number of hydrogen-bond acceptors (Lipinski definition) is 3. The van der Waals surface area contributed by atoms with Crippen LogP contribution in [0.4, 0.5) is 11.6 Å². The fourth-order valence-corrected chi connectivity index (χ4v) is 2.61. The van der Waals surface area contributed by atoms with Crippen molar-refractivity contribution in [3.8, 4) is 0 Å². The molecule has 110 valence electrons. The Labute approximate surface area is 127 Å². The largest absolute Gasteiger partial charge is 0.308 e. The molecule has 0 aliphatic heterocycles. The van der Waals surface area contributed by atoms with Crippen molar-refractivity contribution >= 4 is 11.6 Å². The average Bonchev–Trinajstić information content (AvgIpc) is 3.32. The molecule has 0 amide bonds. The molecule has 0 spiro atoms. The van der Waals surface area contributed by atoms with Crippen LogP contribution < -0.4 is 4.90 Å². The fraction of sp³-hybridized carbons (Fsp3) is 0.444. The van der Waals surface area contributed by atoms with Crippen LogP contribution in [-0.2, 0) is 0 Å². The smallest absolute Gasteiger partial charge is 0.230 e. The van der Waals surface area contributed by atoms with Crippen LogP contribution in [0.3, 0.4) is 0 Å². The quantitative estimate of drug-likeness (QED) is 0.802. The number of anilines is 2. The lowest BCUT2D eigenvalue weighted by molar-refractivity contribution is 0.669. The predicted molar refractivity (Wildman–Crippen MR) is 87.1 cm³/mol. The molecule has 1 unspecified atom stereocenters. The van der Waals surface area contributed by atoms with Crippen molar-refractivity contribution in [1.29, 1.82) is 0 Å². The van der Waals surface area contributed by atoms with E-state index in [4.69, 9.17) is 9.97 Å². The molecule has 0 radical (unpaired) electrons. The van der Waals surface area contributed by atoms with E-state index in [-0.39, 0.29) is 0 Å². The summed E-state index contributed by atoms with van der Waals surface area (Å²) >= 11 is 0. The van der Waals surface area contributed by atoms with E-state index in [0.717, 1.165) is 18.1 Å². The molecule has 1 aromatic heterocycles. The molecule has 1 saturated carbocycles. The second kappa shape index (κ2) is 5.84. The van der Waals surface area contributed by atoms with Gasteiger partial charge >= 0.3 is 0 Å². The minimum Gasteiger partial charge on any atom is -0.308 e. The maximum absolute atomic E-state index is 4.86. The van der Waals surface area contributed by atoms with Gasteiger partial charge in [0.2, 0.25) is 5.95 Å². The molecule has 21 heavy (non-hydrogen) atoms. The number of benzene rings is 1. The van der Waals surface area contributed by atoms with E-state index in [2.05, 4.69) is 56.0 Å². The highest BCUT2D eigenvalue weighted by atomic mass is 15.3. The predicted octanol–water partition coefficient (Wildman–Crippen LogP) is 4.60. The van der Waals surface area contributed by atoms with Crippen LogP contribution in [0, 0.1) is 6.92 Å². The van der Waals surface area contributed by atoms with Gasteiger partial charge in [0.25, 0.3) is 0 Å². The normalized spacial score (nSPS) is 15.8. The second-order valence-corrected chi connectivity index (χ2v) is 5.97. The Hall–Kier alpha value is -1.90. The summed E-state index contributed by atoms with van der Waals surface area (Å²) in [6.07, 6.45) is 3.60. The molecule has 0 saturated heterocycles. The maximum atomic E-state index is 4.86. The van der Waals surface area contributed by atoms with Crippen molar-refractivity contribution in [3.63, 3.8) is 0 Å². The molecule has 1 fully saturated rings. The third-order valence-corrected chi connectivity index (χ3v) is 4.14. The molecular formula is C18H23N3. The van der Waals surface area contributed by atoms with Gasteiger partial charge in [-0.25, -0.2) is 9.97 Å². The first-order chi connectivity index (χ1) is 10.2. The highest BCUT2D eigenvalue weighted by Crippen LogP contribution is 2.40. The minimum absolute atomic E-state index is 0.376. The van der Waals surface area contributed by atoms with Gasteiger partial charge < -0.3 is 4.90 Å². The average molecular weight is 281 g/mol. The van der Waals surface area contributed by atoms with E-state index in [1.54, 1.807) is 0 Å². The molecule has 2 aromatic rings. The van der Waals surface area contributed by atoms with Crippen LogP contribution in [-0.4, -0.2) is 16.0 Å². The summed E-state index contributed by atoms with van der Waals surface area (Å²) in [5, 5.41) is 0. The number of aromatic nitrogens is 2. The number of rotatable bonds is 5. The molecule has 1 aliphatic rings. The molecular weight excluding hydrogens is 258 g/mol. The zero-order valence-electron chi connectivity index (χ0n) is 13.1. The van der Waals surface area contributed by atoms with Crippen LogP contribution >= 0.6 is 0 Å². The summed E-state index contributed by atoms with van der Waals surface area (Å²) in [5.41, 5.74) is 3.44. The monoisotopic (exact) mass is 281 g/mol. The third-order valence-electron chi connectivity index (χ3n) is 4.14. The van der Waals surface area contributed by atoms with E-state index in [0.29, 0.717) is 12.0 Å². The first kappa shape index (κ1) is 14.1. The molecule has 3 rings (SSSR count). The van der Waals surface area contributed by atoms with Crippen LogP contribution in [0.1, 0.15) is 50.4 Å². The minimum atomic E-state index is 0.376. The first-order valence-corrected chi connectivity index (χ1v) is 7.89. The lowest BCUT2D eigenvalue weighted by Gasteiger charge is -2.29. The summed E-state index contributed by atoms with van der Waals surface area (Å²) in [6, 6.07) is 13.0. The molecule has 1 atom stereocenters. The van der Waals surface area contributed by atoms with Gasteiger partial charge in [0, 0.05) is 29.0 Å². The third kappa shape index (κ3) is 3.07. The zero-order valence-corrected chi connectivity index (χ0v) is 13.1. The second-order valence-electron chi connectivity index (χ2n) is 5.97. The summed E-state index contributed by atoms with van der Waals surface area (Å²) in [5.74, 6) is 1.50. The number of para-hydroxylation sites is 1. The van der Waals surface area contributed by atoms with Crippen LogP contribution in [0.2, 0.25) is 0 Å². The zero-order chi connectivity index (χ0) is 14.8. The molecule has 1 heterocycles. The van der Waals surface area contributed by atoms with Crippen molar-refractivity contribution in [1.82, 2.24) is 9.97 Å². The molecule has 0 bridgehead atoms. The van der Waals surface area contributed by atoms with Crippen molar-refractivity contribution < 1.29 is 0 Å². The van der Waals surface area contributed by atoms with E-state index in [9.17, 15) is 0 Å². The van der Waals surface area contributed by atoms with Gasteiger partial charge in [0.05, 0.1) is 0 Å². The molecule has 0 N–H and O–H groups in total. The Bertz CT molecular complexity index is 605. The standard InChI is InChI=1S/C18H23N3/c1-4-14(3)21(16-8-6-5-7-9-16)18-19-13(2)12-17(20-18)15-10-11-15/h5-9,12,14-15H,4,10-11H2,1-3H3. The van der Waals surface area contributed by atoms with Gasteiger partial charge in [-0.3, -0.25) is 0 Å². The number of nitrogens with zero attached hydrogens (tertiary/aromatic N) is 3. The van der Waals surface area contributed by atoms with Crippen molar-refractivity contribution in [2.75, 3.05) is 4.90 Å². The maximum Gasteiger partial charge on any atom is 0.230 e. The van der Waals surface area contributed by atoms with E-state index < -0.39 is 0 Å². The van der Waals surface area contributed by atoms with Crippen molar-refractivity contribution in [3.05, 3.63) is 47.8 Å². The van der Waals surface area contributed by atoms with E-state index in [1.165, 1.54) is 24.2 Å². The Morgan fingerprint density at radius 3 is 2.52 bits per heavy atom. The van der Waals surface area contributed by atoms with Gasteiger partial charge in [-0.05, 0) is 51.3 Å². The van der Waals surface area contributed by atoms with E-state index >= 15 is 0 Å². The van der Waals surface area contributed by atoms with Gasteiger partial charge in [0.15, 0.2) is 0 Å². The molecule has 3 heteroatoms. The topological polar surface area (TPSA) is 29.0 Å². The fourth-order valence-electron chi connectivity index (χ4n) is 2.61. The Morgan fingerprint density at radius 2 is 1.90 bits per heavy atom. The lowest BCUT2D eigenvalue weighted by atomic mass is 10.2. The number of hydrogen-bond donors (Lipinski definition) is 0. The molecule has 3 nitrogen and oxygen atoms in total. The van der Waals surface area contributed by atoms with Gasteiger partial charge in [0.1, 0.15) is 0 Å². The summed E-state index contributed by atoms with van der Waals surface area (Å²) in [7, 11) is 0. The number of aryl methyl sites for hydroxylation is 1. The molecule has 1 aromatic carbocycles. The van der Waals surface area contributed by atoms with Gasteiger partial charge in [-0.2, -0.15) is 0 Å². The van der Waals surface area contributed by atoms with Crippen molar-refractivity contribution in [2.24, 2.45) is 0 Å². The van der Waals surface area contributed by atoms with Gasteiger partial charge in [-0.1, -0.05) is 25.1 Å². The van der Waals surface area contributed by atoms with Gasteiger partial charge in [-0.15, -0.1) is 0 Å². The highest BCUT2D eigenvalue weighted by Gasteiger charge is 2.27. The Balaban J connectivity index is 2.04. The van der Waals surface area contributed by atoms with Crippen LogP contribution in [0.15, 0.2) is 36.4 Å². The highest BCUT2D eigenvalue weighted by molar-refractivity contribution is 5.58. The van der Waals surface area contributed by atoms with Crippen LogP contribution in [0.25, 0.3) is 0 Å². The molecule has 1 aliphatic carbocycles. The van der Waals surface area contributed by atoms with Crippen LogP contribution in [0.5, 0.6) is 0 Å². The summed E-state index contributed by atoms with van der Waals surface area (Å²) < 4.78 is 0. The summed E-state index contributed by atoms with van der Waals surface area (Å²) in [6.45, 7) is 6.50. The first-order valence-electron chi connectivity index (χ1n) is 7.89. The van der Waals surface area contributed by atoms with Crippen molar-refractivity contribution in [2.45, 2.75) is 52.0 Å². The lowest BCUT2D eigenvalue weighted by Crippen LogP contribution is -2.29. The Morgan fingerprint density at radius 1 is 1.19 bits per heavy atom. The Kier molecular flexibility index (Phi) is 3.91. The summed E-state index contributed by atoms with van der Waals surface area (Å²) in [4.78, 5) is 11.8. The van der Waals surface area contributed by atoms with E-state index in [1.807, 2.05) is 6.07 Å².